The first-order chi connectivity index (χ1) is 9.90. The molecule has 1 N–H and O–H groups in total. The molecule has 4 rings (SSSR count). The maximum atomic E-state index is 5.71. The number of nitrogens with one attached hydrogen (secondary N) is 1. The molecule has 0 saturated heterocycles. The van der Waals surface area contributed by atoms with E-state index in [2.05, 4.69) is 47.8 Å². The Balaban J connectivity index is 1.61. The lowest BCUT2D eigenvalue weighted by molar-refractivity contribution is 0.0970. The number of aryl methyl sites for hydroxylation is 2. The Bertz CT molecular complexity index is 635. The molecule has 1 aliphatic carbocycles. The minimum atomic E-state index is 0.263. The van der Waals surface area contributed by atoms with Gasteiger partial charge in [-0.05, 0) is 53.6 Å². The van der Waals surface area contributed by atoms with E-state index in [0.717, 1.165) is 13.2 Å². The molecular weight excluding hydrogens is 246 g/mol. The average Bonchev–Trinajstić information content (AvgIpc) is 2.95. The second-order valence-electron chi connectivity index (χ2n) is 5.75. The third kappa shape index (κ3) is 2.10. The summed E-state index contributed by atoms with van der Waals surface area (Å²) in [6.07, 6.45) is 3.77. The molecule has 0 radical (unpaired) electrons. The summed E-state index contributed by atoms with van der Waals surface area (Å²) >= 11 is 0. The van der Waals surface area contributed by atoms with Crippen molar-refractivity contribution in [3.63, 3.8) is 0 Å². The SMILES string of the molecule is c1ccc2c(c1)COCC2Nc1ccc2c(c1)CCC2. The number of hydrogen-bond acceptors (Lipinski definition) is 2. The Hall–Kier alpha value is -1.80. The van der Waals surface area contributed by atoms with Crippen LogP contribution in [0.2, 0.25) is 0 Å². The molecule has 2 heteroatoms. The van der Waals surface area contributed by atoms with E-state index in [9.17, 15) is 0 Å². The van der Waals surface area contributed by atoms with Crippen LogP contribution in [0.15, 0.2) is 42.5 Å². The van der Waals surface area contributed by atoms with Gasteiger partial charge < -0.3 is 10.1 Å². The van der Waals surface area contributed by atoms with E-state index in [1.807, 2.05) is 0 Å². The van der Waals surface area contributed by atoms with Crippen LogP contribution in [0.5, 0.6) is 0 Å². The Labute approximate surface area is 119 Å². The smallest absolute Gasteiger partial charge is 0.0751 e. The van der Waals surface area contributed by atoms with E-state index >= 15 is 0 Å². The highest BCUT2D eigenvalue weighted by Gasteiger charge is 2.20. The molecule has 20 heavy (non-hydrogen) atoms. The molecular formula is C18H19NO. The van der Waals surface area contributed by atoms with Crippen LogP contribution >= 0.6 is 0 Å². The Kier molecular flexibility index (Phi) is 2.96. The monoisotopic (exact) mass is 265 g/mol. The number of ether oxygens (including phenoxy) is 1. The van der Waals surface area contributed by atoms with Gasteiger partial charge in [-0.1, -0.05) is 30.3 Å². The summed E-state index contributed by atoms with van der Waals surface area (Å²) < 4.78 is 5.71. The molecule has 0 bridgehead atoms. The largest absolute Gasteiger partial charge is 0.376 e. The van der Waals surface area contributed by atoms with Crippen LogP contribution < -0.4 is 5.32 Å². The van der Waals surface area contributed by atoms with Crippen molar-refractivity contribution in [3.05, 3.63) is 64.7 Å². The zero-order valence-corrected chi connectivity index (χ0v) is 11.6. The minimum Gasteiger partial charge on any atom is -0.376 e. The van der Waals surface area contributed by atoms with Gasteiger partial charge in [-0.15, -0.1) is 0 Å². The highest BCUT2D eigenvalue weighted by atomic mass is 16.5. The number of benzene rings is 2. The van der Waals surface area contributed by atoms with Crippen molar-refractivity contribution in [2.75, 3.05) is 11.9 Å². The molecule has 1 aliphatic heterocycles. The van der Waals surface area contributed by atoms with E-state index in [-0.39, 0.29) is 6.04 Å². The highest BCUT2D eigenvalue weighted by Crippen LogP contribution is 2.30. The molecule has 2 nitrogen and oxygen atoms in total. The number of anilines is 1. The highest BCUT2D eigenvalue weighted by molar-refractivity contribution is 5.52. The standard InChI is InChI=1S/C18H19NO/c1-2-7-17-15(4-1)11-20-12-18(17)19-16-9-8-13-5-3-6-14(13)10-16/h1-2,4,7-10,18-19H,3,5-6,11-12H2. The maximum absolute atomic E-state index is 5.71. The van der Waals surface area contributed by atoms with Gasteiger partial charge in [-0.3, -0.25) is 0 Å². The van der Waals surface area contributed by atoms with Crippen LogP contribution in [0, 0.1) is 0 Å². The summed E-state index contributed by atoms with van der Waals surface area (Å²) in [5.74, 6) is 0. The Morgan fingerprint density at radius 2 is 1.85 bits per heavy atom. The van der Waals surface area contributed by atoms with Crippen LogP contribution in [0.3, 0.4) is 0 Å². The number of fused-ring (bicyclic) bond motifs is 2. The maximum Gasteiger partial charge on any atom is 0.0751 e. The van der Waals surface area contributed by atoms with Crippen LogP contribution in [0.25, 0.3) is 0 Å². The predicted octanol–water partition coefficient (Wildman–Crippen LogP) is 3.86. The summed E-state index contributed by atoms with van der Waals surface area (Å²) in [6.45, 7) is 1.48. The fourth-order valence-corrected chi connectivity index (χ4v) is 3.36. The number of rotatable bonds is 2. The molecule has 1 heterocycles. The summed E-state index contributed by atoms with van der Waals surface area (Å²) in [6, 6.07) is 15.6. The van der Waals surface area contributed by atoms with Gasteiger partial charge in [0.05, 0.1) is 19.3 Å². The van der Waals surface area contributed by atoms with Crippen molar-refractivity contribution in [3.8, 4) is 0 Å². The van der Waals surface area contributed by atoms with Gasteiger partial charge >= 0.3 is 0 Å². The van der Waals surface area contributed by atoms with Crippen LogP contribution in [0.4, 0.5) is 5.69 Å². The van der Waals surface area contributed by atoms with E-state index < -0.39 is 0 Å². The lowest BCUT2D eigenvalue weighted by atomic mass is 9.98. The predicted molar refractivity (Wildman–Crippen MR) is 80.9 cm³/mol. The van der Waals surface area contributed by atoms with Gasteiger partial charge in [0.2, 0.25) is 0 Å². The lowest BCUT2D eigenvalue weighted by Crippen LogP contribution is -2.23. The fraction of sp³-hybridized carbons (Fsp3) is 0.333. The molecule has 2 aliphatic rings. The second-order valence-corrected chi connectivity index (χ2v) is 5.75. The Morgan fingerprint density at radius 3 is 2.85 bits per heavy atom. The molecule has 102 valence electrons. The third-order valence-electron chi connectivity index (χ3n) is 4.41. The van der Waals surface area contributed by atoms with Crippen molar-refractivity contribution in [1.82, 2.24) is 0 Å². The first kappa shape index (κ1) is 12.0. The van der Waals surface area contributed by atoms with Crippen molar-refractivity contribution < 1.29 is 4.74 Å². The van der Waals surface area contributed by atoms with Gasteiger partial charge in [0, 0.05) is 5.69 Å². The van der Waals surface area contributed by atoms with Crippen molar-refractivity contribution in [1.29, 1.82) is 0 Å². The van der Waals surface area contributed by atoms with Crippen LogP contribution in [0.1, 0.15) is 34.7 Å². The van der Waals surface area contributed by atoms with E-state index in [1.54, 1.807) is 0 Å². The molecule has 2 aromatic rings. The summed E-state index contributed by atoms with van der Waals surface area (Å²) in [5.41, 5.74) is 6.93. The molecule has 0 amide bonds. The van der Waals surface area contributed by atoms with Gasteiger partial charge in [0.15, 0.2) is 0 Å². The normalized spacial score (nSPS) is 20.3. The first-order valence-electron chi connectivity index (χ1n) is 7.44. The molecule has 0 saturated carbocycles. The van der Waals surface area contributed by atoms with E-state index in [4.69, 9.17) is 4.74 Å². The second kappa shape index (κ2) is 4.95. The molecule has 0 spiro atoms. The zero-order valence-electron chi connectivity index (χ0n) is 11.6. The number of hydrogen-bond donors (Lipinski definition) is 1. The zero-order chi connectivity index (χ0) is 13.4. The average molecular weight is 265 g/mol. The molecule has 0 fully saturated rings. The van der Waals surface area contributed by atoms with Gasteiger partial charge in [-0.25, -0.2) is 0 Å². The topological polar surface area (TPSA) is 21.3 Å². The van der Waals surface area contributed by atoms with Gasteiger partial charge in [-0.2, -0.15) is 0 Å². The van der Waals surface area contributed by atoms with Gasteiger partial charge in [0.1, 0.15) is 0 Å². The minimum absolute atomic E-state index is 0.263. The summed E-state index contributed by atoms with van der Waals surface area (Å²) in [4.78, 5) is 0. The molecule has 0 aromatic heterocycles. The quantitative estimate of drug-likeness (QED) is 0.890. The van der Waals surface area contributed by atoms with Crippen LogP contribution in [-0.2, 0) is 24.2 Å². The third-order valence-corrected chi connectivity index (χ3v) is 4.41. The molecule has 2 aromatic carbocycles. The summed E-state index contributed by atoms with van der Waals surface area (Å²) in [5, 5.41) is 3.64. The van der Waals surface area contributed by atoms with Crippen molar-refractivity contribution >= 4 is 5.69 Å². The van der Waals surface area contributed by atoms with Crippen molar-refractivity contribution in [2.24, 2.45) is 0 Å². The molecule has 1 atom stereocenters. The van der Waals surface area contributed by atoms with Gasteiger partial charge in [0.25, 0.3) is 0 Å². The van der Waals surface area contributed by atoms with Crippen molar-refractivity contribution in [2.45, 2.75) is 31.9 Å². The Morgan fingerprint density at radius 1 is 0.950 bits per heavy atom. The first-order valence-corrected chi connectivity index (χ1v) is 7.44. The van der Waals surface area contributed by atoms with E-state index in [0.29, 0.717) is 0 Å². The van der Waals surface area contributed by atoms with Crippen LogP contribution in [-0.4, -0.2) is 6.61 Å². The lowest BCUT2D eigenvalue weighted by Gasteiger charge is -2.27. The molecule has 1 unspecified atom stereocenters. The fourth-order valence-electron chi connectivity index (χ4n) is 3.36. The van der Waals surface area contributed by atoms with E-state index in [1.165, 1.54) is 47.2 Å². The summed E-state index contributed by atoms with van der Waals surface area (Å²) in [7, 11) is 0.